The molecule has 134 valence electrons. The molecule has 0 unspecified atom stereocenters. The fourth-order valence-electron chi connectivity index (χ4n) is 1.97. The maximum absolute atomic E-state index is 11.6. The molecule has 0 bridgehead atoms. The highest BCUT2D eigenvalue weighted by Gasteiger charge is 2.27. The van der Waals surface area contributed by atoms with Crippen molar-refractivity contribution >= 4 is 22.8 Å². The van der Waals surface area contributed by atoms with Crippen LogP contribution in [0.3, 0.4) is 0 Å². The highest BCUT2D eigenvalue weighted by Crippen LogP contribution is 2.13. The molecule has 1 rings (SSSR count). The van der Waals surface area contributed by atoms with Gasteiger partial charge in [-0.1, -0.05) is 13.8 Å². The van der Waals surface area contributed by atoms with Crippen LogP contribution in [0.5, 0.6) is 0 Å². The van der Waals surface area contributed by atoms with E-state index in [1.54, 1.807) is 13.8 Å². The van der Waals surface area contributed by atoms with Gasteiger partial charge in [0, 0.05) is 0 Å². The summed E-state index contributed by atoms with van der Waals surface area (Å²) in [5.74, 6) is 2.48. The highest BCUT2D eigenvalue weighted by molar-refractivity contribution is 7.97. The van der Waals surface area contributed by atoms with Gasteiger partial charge in [0.2, 0.25) is 5.75 Å². The Hall–Kier alpha value is -0.790. The van der Waals surface area contributed by atoms with Crippen LogP contribution < -0.4 is 0 Å². The summed E-state index contributed by atoms with van der Waals surface area (Å²) in [5, 5.41) is 0. The van der Waals surface area contributed by atoms with E-state index in [2.05, 4.69) is 0 Å². The summed E-state index contributed by atoms with van der Waals surface area (Å²) in [6.45, 7) is 5.73. The molecule has 0 atom stereocenters. The SMILES string of the molecule is CC(C)C(=O)OCCOCCOCCOC(=O)C[S+]1CCCC1. The number of rotatable bonds is 12. The molecule has 0 radical (unpaired) electrons. The number of hydrogen-bond donors (Lipinski definition) is 0. The quantitative estimate of drug-likeness (QED) is 0.299. The summed E-state index contributed by atoms with van der Waals surface area (Å²) in [7, 11) is 0.251. The first-order chi connectivity index (χ1) is 11.1. The zero-order valence-corrected chi connectivity index (χ0v) is 15.0. The third-order valence-electron chi connectivity index (χ3n) is 3.24. The lowest BCUT2D eigenvalue weighted by molar-refractivity contribution is -0.149. The van der Waals surface area contributed by atoms with E-state index in [-0.39, 0.29) is 35.4 Å². The Bertz CT molecular complexity index is 341. The third kappa shape index (κ3) is 10.6. The Balaban J connectivity index is 1.80. The number of ether oxygens (including phenoxy) is 4. The molecule has 0 aliphatic carbocycles. The number of hydrogen-bond acceptors (Lipinski definition) is 6. The number of carbonyl (C=O) groups excluding carboxylic acids is 2. The van der Waals surface area contributed by atoms with Crippen molar-refractivity contribution in [3.05, 3.63) is 0 Å². The van der Waals surface area contributed by atoms with E-state index < -0.39 is 0 Å². The van der Waals surface area contributed by atoms with Gasteiger partial charge in [0.25, 0.3) is 0 Å². The van der Waals surface area contributed by atoms with Crippen LogP contribution in [0.15, 0.2) is 0 Å². The Morgan fingerprint density at radius 1 is 0.870 bits per heavy atom. The van der Waals surface area contributed by atoms with Crippen molar-refractivity contribution in [2.45, 2.75) is 26.7 Å². The van der Waals surface area contributed by atoms with Gasteiger partial charge in [0.05, 0.1) is 32.3 Å². The van der Waals surface area contributed by atoms with Gasteiger partial charge in [-0.2, -0.15) is 0 Å². The number of esters is 2. The van der Waals surface area contributed by atoms with Crippen LogP contribution in [0.25, 0.3) is 0 Å². The topological polar surface area (TPSA) is 71.1 Å². The van der Waals surface area contributed by atoms with Crippen molar-refractivity contribution < 1.29 is 28.5 Å². The molecule has 0 saturated carbocycles. The smallest absolute Gasteiger partial charge is 0.356 e. The first-order valence-electron chi connectivity index (χ1n) is 8.21. The van der Waals surface area contributed by atoms with E-state index in [4.69, 9.17) is 18.9 Å². The second-order valence-corrected chi connectivity index (χ2v) is 7.97. The fraction of sp³-hybridized carbons (Fsp3) is 0.875. The molecule has 1 aliphatic rings. The van der Waals surface area contributed by atoms with Crippen molar-refractivity contribution in [2.75, 3.05) is 56.9 Å². The minimum atomic E-state index is -0.218. The van der Waals surface area contributed by atoms with Crippen LogP contribution in [0.2, 0.25) is 0 Å². The van der Waals surface area contributed by atoms with E-state index in [1.165, 1.54) is 24.3 Å². The van der Waals surface area contributed by atoms with Crippen molar-refractivity contribution in [1.29, 1.82) is 0 Å². The molecule has 1 saturated heterocycles. The fourth-order valence-corrected chi connectivity index (χ4v) is 4.11. The minimum Gasteiger partial charge on any atom is -0.463 e. The molecule has 7 heteroatoms. The van der Waals surface area contributed by atoms with Crippen molar-refractivity contribution in [2.24, 2.45) is 5.92 Å². The van der Waals surface area contributed by atoms with Gasteiger partial charge in [-0.15, -0.1) is 0 Å². The lowest BCUT2D eigenvalue weighted by atomic mass is 10.2. The maximum Gasteiger partial charge on any atom is 0.356 e. The van der Waals surface area contributed by atoms with Crippen molar-refractivity contribution in [1.82, 2.24) is 0 Å². The summed E-state index contributed by atoms with van der Waals surface area (Å²) >= 11 is 0. The van der Waals surface area contributed by atoms with Crippen molar-refractivity contribution in [3.63, 3.8) is 0 Å². The van der Waals surface area contributed by atoms with Crippen LogP contribution in [-0.4, -0.2) is 68.8 Å². The maximum atomic E-state index is 11.6. The Morgan fingerprint density at radius 3 is 1.96 bits per heavy atom. The summed E-state index contributed by atoms with van der Waals surface area (Å²) < 4.78 is 20.7. The molecule has 1 fully saturated rings. The Kier molecular flexibility index (Phi) is 11.1. The first kappa shape index (κ1) is 20.3. The summed E-state index contributed by atoms with van der Waals surface area (Å²) in [6, 6.07) is 0. The highest BCUT2D eigenvalue weighted by atomic mass is 32.2. The predicted octanol–water partition coefficient (Wildman–Crippen LogP) is 1.17. The van der Waals surface area contributed by atoms with E-state index in [0.29, 0.717) is 38.8 Å². The molecule has 0 amide bonds. The normalized spacial score (nSPS) is 15.1. The molecule has 0 aromatic heterocycles. The summed E-state index contributed by atoms with van der Waals surface area (Å²) in [4.78, 5) is 22.7. The third-order valence-corrected chi connectivity index (χ3v) is 5.62. The van der Waals surface area contributed by atoms with Crippen LogP contribution >= 0.6 is 0 Å². The van der Waals surface area contributed by atoms with Gasteiger partial charge in [0.1, 0.15) is 24.7 Å². The van der Waals surface area contributed by atoms with E-state index in [0.717, 1.165) is 0 Å². The molecule has 1 heterocycles. The van der Waals surface area contributed by atoms with Gasteiger partial charge >= 0.3 is 11.9 Å². The predicted molar refractivity (Wildman–Crippen MR) is 89.6 cm³/mol. The number of carbonyl (C=O) groups is 2. The Morgan fingerprint density at radius 2 is 1.39 bits per heavy atom. The standard InChI is InChI=1S/C16H29O6S/c1-14(2)16(18)22-10-8-20-6-5-19-7-9-21-15(17)13-23-11-3-4-12-23/h14H,3-13H2,1-2H3/q+1. The minimum absolute atomic E-state index is 0.109. The molecular formula is C16H29O6S+. The summed E-state index contributed by atoms with van der Waals surface area (Å²) in [5.41, 5.74) is 0. The van der Waals surface area contributed by atoms with Gasteiger partial charge in [-0.3, -0.25) is 4.79 Å². The molecular weight excluding hydrogens is 320 g/mol. The zero-order chi connectivity index (χ0) is 16.9. The average Bonchev–Trinajstić information content (AvgIpc) is 3.01. The van der Waals surface area contributed by atoms with Crippen LogP contribution in [0.1, 0.15) is 26.7 Å². The lowest BCUT2D eigenvalue weighted by Crippen LogP contribution is -2.22. The Labute approximate surface area is 141 Å². The second kappa shape index (κ2) is 12.6. The van der Waals surface area contributed by atoms with Gasteiger partial charge in [0.15, 0.2) is 0 Å². The largest absolute Gasteiger partial charge is 0.463 e. The molecule has 0 aromatic carbocycles. The van der Waals surface area contributed by atoms with Crippen LogP contribution in [-0.2, 0) is 39.4 Å². The molecule has 0 N–H and O–H groups in total. The molecule has 6 nitrogen and oxygen atoms in total. The average molecular weight is 349 g/mol. The van der Waals surface area contributed by atoms with E-state index in [1.807, 2.05) is 0 Å². The van der Waals surface area contributed by atoms with Gasteiger partial charge in [-0.05, 0) is 23.7 Å². The zero-order valence-electron chi connectivity index (χ0n) is 14.2. The van der Waals surface area contributed by atoms with Crippen LogP contribution in [0.4, 0.5) is 0 Å². The van der Waals surface area contributed by atoms with E-state index >= 15 is 0 Å². The van der Waals surface area contributed by atoms with E-state index in [9.17, 15) is 9.59 Å². The molecule has 0 spiro atoms. The second-order valence-electron chi connectivity index (χ2n) is 5.64. The van der Waals surface area contributed by atoms with Gasteiger partial charge in [-0.25, -0.2) is 4.79 Å². The first-order valence-corrected chi connectivity index (χ1v) is 9.94. The monoisotopic (exact) mass is 349 g/mol. The molecule has 1 aliphatic heterocycles. The molecule has 0 aromatic rings. The van der Waals surface area contributed by atoms with Crippen LogP contribution in [0, 0.1) is 5.92 Å². The summed E-state index contributed by atoms with van der Waals surface area (Å²) in [6.07, 6.45) is 2.49. The van der Waals surface area contributed by atoms with Crippen molar-refractivity contribution in [3.8, 4) is 0 Å². The lowest BCUT2D eigenvalue weighted by Gasteiger charge is -2.08. The van der Waals surface area contributed by atoms with Gasteiger partial charge < -0.3 is 18.9 Å². The molecule has 23 heavy (non-hydrogen) atoms.